The topological polar surface area (TPSA) is 79.0 Å². The van der Waals surface area contributed by atoms with Gasteiger partial charge >= 0.3 is 5.76 Å². The highest BCUT2D eigenvalue weighted by Gasteiger charge is 2.17. The van der Waals surface area contributed by atoms with Gasteiger partial charge in [-0.25, -0.2) is 9.48 Å². The molecular formula is C22H16N4O3. The molecule has 0 bridgehead atoms. The number of nitrogens with zero attached hydrogens (tertiary/aromatic N) is 4. The van der Waals surface area contributed by atoms with Crippen molar-refractivity contribution in [3.8, 4) is 28.6 Å². The Morgan fingerprint density at radius 1 is 0.862 bits per heavy atom. The highest BCUT2D eigenvalue weighted by Crippen LogP contribution is 2.24. The zero-order valence-electron chi connectivity index (χ0n) is 15.3. The Bertz CT molecular complexity index is 1280. The monoisotopic (exact) mass is 384 g/mol. The predicted octanol–water partition coefficient (Wildman–Crippen LogP) is 4.00. The number of aromatic nitrogens is 4. The SMILES string of the molecule is O=c1oc(-c2ccco2)nn1Cc1cn(-c2ccccc2)nc1-c1ccccc1. The summed E-state index contributed by atoms with van der Waals surface area (Å²) in [7, 11) is 0. The molecule has 0 spiro atoms. The van der Waals surface area contributed by atoms with E-state index in [1.165, 1.54) is 10.9 Å². The van der Waals surface area contributed by atoms with Gasteiger partial charge in [0.1, 0.15) is 0 Å². The van der Waals surface area contributed by atoms with Crippen LogP contribution in [0.4, 0.5) is 0 Å². The molecule has 0 aliphatic rings. The summed E-state index contributed by atoms with van der Waals surface area (Å²) in [4.78, 5) is 12.3. The third kappa shape index (κ3) is 3.29. The first-order chi connectivity index (χ1) is 14.3. The molecule has 0 saturated carbocycles. The number of hydrogen-bond acceptors (Lipinski definition) is 5. The molecule has 0 unspecified atom stereocenters. The largest absolute Gasteiger partial charge is 0.459 e. The van der Waals surface area contributed by atoms with Crippen LogP contribution in [0.25, 0.3) is 28.6 Å². The van der Waals surface area contributed by atoms with E-state index in [4.69, 9.17) is 13.9 Å². The molecule has 0 amide bonds. The molecular weight excluding hydrogens is 368 g/mol. The molecule has 29 heavy (non-hydrogen) atoms. The van der Waals surface area contributed by atoms with Gasteiger partial charge in [-0.05, 0) is 24.3 Å². The molecule has 0 fully saturated rings. The molecule has 0 atom stereocenters. The fraction of sp³-hybridized carbons (Fsp3) is 0.0455. The molecule has 142 valence electrons. The van der Waals surface area contributed by atoms with Crippen molar-refractivity contribution in [2.45, 2.75) is 6.54 Å². The summed E-state index contributed by atoms with van der Waals surface area (Å²) in [6.07, 6.45) is 3.41. The lowest BCUT2D eigenvalue weighted by Crippen LogP contribution is -2.16. The maximum Gasteiger partial charge on any atom is 0.437 e. The standard InChI is InChI=1S/C22H16N4O3/c27-22-26(24-21(29-22)19-12-7-13-28-19)15-17-14-25(18-10-5-2-6-11-18)23-20(17)16-8-3-1-4-9-16/h1-14H,15H2. The maximum atomic E-state index is 12.3. The third-order valence-corrected chi connectivity index (χ3v) is 4.52. The van der Waals surface area contributed by atoms with Gasteiger partial charge in [0.15, 0.2) is 5.76 Å². The minimum atomic E-state index is -0.553. The van der Waals surface area contributed by atoms with E-state index < -0.39 is 5.76 Å². The van der Waals surface area contributed by atoms with Crippen molar-refractivity contribution in [2.75, 3.05) is 0 Å². The van der Waals surface area contributed by atoms with E-state index in [1.807, 2.05) is 66.9 Å². The van der Waals surface area contributed by atoms with Gasteiger partial charge in [-0.2, -0.15) is 9.78 Å². The molecule has 3 heterocycles. The second-order valence-corrected chi connectivity index (χ2v) is 6.46. The molecule has 5 rings (SSSR count). The van der Waals surface area contributed by atoms with E-state index in [2.05, 4.69) is 5.10 Å². The average Bonchev–Trinajstić information content (AvgIpc) is 3.50. The highest BCUT2D eigenvalue weighted by atomic mass is 16.4. The minimum absolute atomic E-state index is 0.150. The van der Waals surface area contributed by atoms with Crippen LogP contribution >= 0.6 is 0 Å². The molecule has 3 aromatic heterocycles. The van der Waals surface area contributed by atoms with Crippen molar-refractivity contribution in [1.29, 1.82) is 0 Å². The minimum Gasteiger partial charge on any atom is -0.459 e. The first-order valence-corrected chi connectivity index (χ1v) is 9.09. The zero-order valence-corrected chi connectivity index (χ0v) is 15.3. The summed E-state index contributed by atoms with van der Waals surface area (Å²) < 4.78 is 13.6. The fourth-order valence-corrected chi connectivity index (χ4v) is 3.14. The highest BCUT2D eigenvalue weighted by molar-refractivity contribution is 5.63. The Morgan fingerprint density at radius 2 is 1.62 bits per heavy atom. The molecule has 5 aromatic rings. The maximum absolute atomic E-state index is 12.3. The Hall–Kier alpha value is -4.13. The zero-order chi connectivity index (χ0) is 19.6. The van der Waals surface area contributed by atoms with Gasteiger partial charge in [0.2, 0.25) is 0 Å². The lowest BCUT2D eigenvalue weighted by molar-refractivity contribution is 0.476. The van der Waals surface area contributed by atoms with Gasteiger partial charge < -0.3 is 8.83 Å². The quantitative estimate of drug-likeness (QED) is 0.458. The Balaban J connectivity index is 1.57. The van der Waals surface area contributed by atoms with Crippen LogP contribution < -0.4 is 5.76 Å². The molecule has 0 aliphatic heterocycles. The van der Waals surface area contributed by atoms with E-state index in [-0.39, 0.29) is 12.4 Å². The van der Waals surface area contributed by atoms with Crippen LogP contribution in [0.3, 0.4) is 0 Å². The van der Waals surface area contributed by atoms with Crippen LogP contribution in [0.1, 0.15) is 5.56 Å². The third-order valence-electron chi connectivity index (χ3n) is 4.52. The predicted molar refractivity (Wildman–Crippen MR) is 107 cm³/mol. The van der Waals surface area contributed by atoms with Gasteiger partial charge in [-0.15, -0.1) is 5.10 Å². The van der Waals surface area contributed by atoms with Gasteiger partial charge in [-0.3, -0.25) is 0 Å². The van der Waals surface area contributed by atoms with Crippen molar-refractivity contribution in [1.82, 2.24) is 19.6 Å². The number of para-hydroxylation sites is 1. The Morgan fingerprint density at radius 3 is 2.34 bits per heavy atom. The van der Waals surface area contributed by atoms with Crippen LogP contribution in [0, 0.1) is 0 Å². The van der Waals surface area contributed by atoms with Crippen LogP contribution in [-0.2, 0) is 6.54 Å². The van der Waals surface area contributed by atoms with Crippen LogP contribution in [0.2, 0.25) is 0 Å². The lowest BCUT2D eigenvalue weighted by atomic mass is 10.1. The van der Waals surface area contributed by atoms with E-state index >= 15 is 0 Å². The van der Waals surface area contributed by atoms with Crippen LogP contribution in [-0.4, -0.2) is 19.6 Å². The van der Waals surface area contributed by atoms with E-state index in [0.717, 1.165) is 22.5 Å². The van der Waals surface area contributed by atoms with Crippen molar-refractivity contribution < 1.29 is 8.83 Å². The van der Waals surface area contributed by atoms with Crippen molar-refractivity contribution in [3.05, 3.63) is 101 Å². The fourth-order valence-electron chi connectivity index (χ4n) is 3.14. The van der Waals surface area contributed by atoms with Gasteiger partial charge in [0.05, 0.1) is 24.2 Å². The Labute approximate surface area is 165 Å². The van der Waals surface area contributed by atoms with Crippen LogP contribution in [0.5, 0.6) is 0 Å². The van der Waals surface area contributed by atoms with E-state index in [1.54, 1.807) is 16.8 Å². The molecule has 7 nitrogen and oxygen atoms in total. The van der Waals surface area contributed by atoms with Crippen molar-refractivity contribution >= 4 is 0 Å². The molecule has 7 heteroatoms. The van der Waals surface area contributed by atoms with Crippen molar-refractivity contribution in [3.63, 3.8) is 0 Å². The normalized spacial score (nSPS) is 11.0. The molecule has 0 aliphatic carbocycles. The van der Waals surface area contributed by atoms with E-state index in [9.17, 15) is 4.79 Å². The smallest absolute Gasteiger partial charge is 0.437 e. The number of rotatable bonds is 5. The molecule has 2 aromatic carbocycles. The molecule has 0 radical (unpaired) electrons. The summed E-state index contributed by atoms with van der Waals surface area (Å²) in [5.74, 6) is 0.00342. The average molecular weight is 384 g/mol. The molecule has 0 N–H and O–H groups in total. The second-order valence-electron chi connectivity index (χ2n) is 6.46. The van der Waals surface area contributed by atoms with Gasteiger partial charge in [0, 0.05) is 17.3 Å². The molecule has 0 saturated heterocycles. The number of hydrogen-bond donors (Lipinski definition) is 0. The number of furan rings is 1. The lowest BCUT2D eigenvalue weighted by Gasteiger charge is -2.01. The summed E-state index contributed by atoms with van der Waals surface area (Å²) in [6, 6.07) is 23.1. The number of benzene rings is 2. The first-order valence-electron chi connectivity index (χ1n) is 9.09. The summed E-state index contributed by atoms with van der Waals surface area (Å²) in [5.41, 5.74) is 3.52. The Kier molecular flexibility index (Phi) is 4.18. The van der Waals surface area contributed by atoms with E-state index in [0.29, 0.717) is 5.76 Å². The second kappa shape index (κ2) is 7.12. The van der Waals surface area contributed by atoms with Crippen molar-refractivity contribution in [2.24, 2.45) is 0 Å². The summed E-state index contributed by atoms with van der Waals surface area (Å²) in [5, 5.41) is 9.03. The summed E-state index contributed by atoms with van der Waals surface area (Å²) in [6.45, 7) is 0.222. The summed E-state index contributed by atoms with van der Waals surface area (Å²) >= 11 is 0. The van der Waals surface area contributed by atoms with Gasteiger partial charge in [-0.1, -0.05) is 48.5 Å². The van der Waals surface area contributed by atoms with Gasteiger partial charge in [0.25, 0.3) is 5.89 Å². The first kappa shape index (κ1) is 17.0. The van der Waals surface area contributed by atoms with Crippen LogP contribution in [0.15, 0.2) is 98.9 Å².